The molecule has 0 spiro atoms. The highest BCUT2D eigenvalue weighted by Crippen LogP contribution is 2.37. The van der Waals surface area contributed by atoms with Gasteiger partial charge in [-0.05, 0) is 111 Å². The lowest BCUT2D eigenvalue weighted by Gasteiger charge is -2.37. The molecule has 5 N–H and O–H groups in total. The Bertz CT molecular complexity index is 2530. The molecule has 1 aliphatic rings. The molecule has 0 bridgehead atoms. The van der Waals surface area contributed by atoms with Gasteiger partial charge in [-0.3, -0.25) is 9.40 Å². The molecule has 15 heteroatoms. The van der Waals surface area contributed by atoms with Crippen molar-refractivity contribution in [2.75, 3.05) is 78.1 Å². The van der Waals surface area contributed by atoms with E-state index in [-0.39, 0.29) is 16.6 Å². The van der Waals surface area contributed by atoms with E-state index in [1.165, 1.54) is 11.0 Å². The number of thioether (sulfide) groups is 1. The number of carbonyl (C=O) groups is 1. The number of sulfonamides is 1. The number of nitrogens with two attached hydrogens (primary N) is 1. The van der Waals surface area contributed by atoms with E-state index in [1.54, 1.807) is 59.9 Å². The number of nitrogens with zero attached hydrogens (tertiary/aromatic N) is 5. The lowest BCUT2D eigenvalue weighted by atomic mass is 9.98. The molecule has 0 aliphatic carbocycles. The van der Waals surface area contributed by atoms with Crippen LogP contribution in [-0.2, 0) is 17.1 Å². The summed E-state index contributed by atoms with van der Waals surface area (Å²) >= 11 is 7.92. The van der Waals surface area contributed by atoms with Gasteiger partial charge < -0.3 is 30.9 Å². The zero-order valence-electron chi connectivity index (χ0n) is 33.8. The molecule has 0 saturated carbocycles. The van der Waals surface area contributed by atoms with Gasteiger partial charge in [0, 0.05) is 83.1 Å². The highest BCUT2D eigenvalue weighted by atomic mass is 35.5. The highest BCUT2D eigenvalue weighted by Gasteiger charge is 2.26. The summed E-state index contributed by atoms with van der Waals surface area (Å²) in [7, 11) is 1.93. The summed E-state index contributed by atoms with van der Waals surface area (Å²) in [5.41, 5.74) is 12.7. The zero-order chi connectivity index (χ0) is 42.4. The van der Waals surface area contributed by atoms with Gasteiger partial charge >= 0.3 is 5.97 Å². The molecule has 1 fully saturated rings. The first kappa shape index (κ1) is 42.5. The number of piperazine rings is 1. The largest absolute Gasteiger partial charge is 0.476 e. The second-order valence-electron chi connectivity index (χ2n) is 15.0. The monoisotopic (exact) mass is 864 g/mol. The number of aromatic carboxylic acids is 1. The number of benzene rings is 5. The Hall–Kier alpha value is -5.67. The smallest absolute Gasteiger partial charge is 0.357 e. The van der Waals surface area contributed by atoms with Crippen LogP contribution in [0.5, 0.6) is 0 Å². The Kier molecular flexibility index (Phi) is 13.2. The van der Waals surface area contributed by atoms with E-state index >= 15 is 0 Å². The average Bonchev–Trinajstić information content (AvgIpc) is 3.60. The normalized spacial score (nSPS) is 13.7. The van der Waals surface area contributed by atoms with Crippen molar-refractivity contribution >= 4 is 67.8 Å². The van der Waals surface area contributed by atoms with E-state index in [1.807, 2.05) is 80.8 Å². The maximum Gasteiger partial charge on any atom is 0.357 e. The standard InChI is InChI=1S/C45H49ClN8O4S2/c1-51(2)23-22-35(30-59-38-10-5-4-6-11-38)48-41-21-20-39(29-40(41)47)60(57,58)50-34-16-18-36(19-17-34)53-24-26-54(27-25-53)37-9-7-8-32(28-37)42-43(45(55)56)49-52(3)44(42)31-12-14-33(46)15-13-31/h4-21,28-29,35,48,50H,22-27,30,47H2,1-3H3,(H,55,56)/t35-/m1/s1. The van der Waals surface area contributed by atoms with Gasteiger partial charge in [0.2, 0.25) is 0 Å². The topological polar surface area (TPSA) is 149 Å². The number of anilines is 5. The molecule has 0 radical (unpaired) electrons. The molecule has 5 aromatic carbocycles. The Balaban J connectivity index is 0.977. The van der Waals surface area contributed by atoms with Crippen LogP contribution in [0.3, 0.4) is 0 Å². The number of aromatic nitrogens is 2. The number of carboxylic acid groups (broad SMARTS) is 1. The van der Waals surface area contributed by atoms with Gasteiger partial charge in [0.25, 0.3) is 10.0 Å². The number of halogens is 1. The first-order valence-electron chi connectivity index (χ1n) is 19.6. The van der Waals surface area contributed by atoms with Crippen LogP contribution in [0.25, 0.3) is 22.4 Å². The number of aryl methyl sites for hydroxylation is 1. The quantitative estimate of drug-likeness (QED) is 0.0550. The first-order chi connectivity index (χ1) is 28.8. The number of hydrogen-bond donors (Lipinski definition) is 4. The number of nitrogens with one attached hydrogen (secondary N) is 2. The minimum absolute atomic E-state index is 0.0149. The highest BCUT2D eigenvalue weighted by molar-refractivity contribution is 7.99. The third kappa shape index (κ3) is 10.2. The van der Waals surface area contributed by atoms with Crippen molar-refractivity contribution in [1.82, 2.24) is 14.7 Å². The third-order valence-electron chi connectivity index (χ3n) is 10.4. The zero-order valence-corrected chi connectivity index (χ0v) is 36.1. The summed E-state index contributed by atoms with van der Waals surface area (Å²) in [5, 5.41) is 18.6. The van der Waals surface area contributed by atoms with Crippen molar-refractivity contribution < 1.29 is 18.3 Å². The SMILES string of the molecule is CN(C)CC[C@H](CSc1ccccc1)Nc1ccc(S(=O)(=O)Nc2ccc(N3CCN(c4cccc(-c5c(C(=O)O)nn(C)c5-c5ccc(Cl)cc5)c4)CC3)cc2)cc1N. The van der Waals surface area contributed by atoms with Gasteiger partial charge in [0.05, 0.1) is 22.0 Å². The van der Waals surface area contributed by atoms with Gasteiger partial charge in [0.15, 0.2) is 5.69 Å². The van der Waals surface area contributed by atoms with Crippen LogP contribution in [0, 0.1) is 0 Å². The molecule has 0 amide bonds. The van der Waals surface area contributed by atoms with E-state index in [2.05, 4.69) is 42.0 Å². The van der Waals surface area contributed by atoms with Crippen LogP contribution in [0.1, 0.15) is 16.9 Å². The predicted molar refractivity (Wildman–Crippen MR) is 246 cm³/mol. The molecule has 1 aliphatic heterocycles. The average molecular weight is 866 g/mol. The van der Waals surface area contributed by atoms with Gasteiger partial charge in [-0.15, -0.1) is 11.8 Å². The Morgan fingerprint density at radius 3 is 2.20 bits per heavy atom. The number of nitrogen functional groups attached to an aromatic ring is 1. The Morgan fingerprint density at radius 2 is 1.55 bits per heavy atom. The lowest BCUT2D eigenvalue weighted by molar-refractivity contribution is 0.0690. The number of hydrogen-bond acceptors (Lipinski definition) is 10. The predicted octanol–water partition coefficient (Wildman–Crippen LogP) is 8.34. The second-order valence-corrected chi connectivity index (χ2v) is 18.2. The van der Waals surface area contributed by atoms with Crippen molar-refractivity contribution in [1.29, 1.82) is 0 Å². The molecule has 60 heavy (non-hydrogen) atoms. The molecule has 312 valence electrons. The number of carboxylic acids is 1. The Labute approximate surface area is 361 Å². The van der Waals surface area contributed by atoms with E-state index in [4.69, 9.17) is 17.3 Å². The van der Waals surface area contributed by atoms with Crippen LogP contribution in [0.4, 0.5) is 28.4 Å². The summed E-state index contributed by atoms with van der Waals surface area (Å²) < 4.78 is 31.3. The van der Waals surface area contributed by atoms with Gasteiger partial charge in [-0.2, -0.15) is 5.10 Å². The summed E-state index contributed by atoms with van der Waals surface area (Å²) in [5.74, 6) is -0.269. The molecule has 12 nitrogen and oxygen atoms in total. The van der Waals surface area contributed by atoms with E-state index in [0.717, 1.165) is 67.4 Å². The van der Waals surface area contributed by atoms with E-state index < -0.39 is 16.0 Å². The molecular formula is C45H49ClN8O4S2. The minimum Gasteiger partial charge on any atom is -0.476 e. The summed E-state index contributed by atoms with van der Waals surface area (Å²) in [6.45, 7) is 3.83. The van der Waals surface area contributed by atoms with Crippen molar-refractivity contribution in [2.24, 2.45) is 7.05 Å². The minimum atomic E-state index is -3.91. The van der Waals surface area contributed by atoms with Gasteiger partial charge in [-0.25, -0.2) is 13.2 Å². The molecule has 1 saturated heterocycles. The molecule has 6 aromatic rings. The van der Waals surface area contributed by atoms with Crippen molar-refractivity contribution in [3.05, 3.63) is 132 Å². The van der Waals surface area contributed by atoms with Gasteiger partial charge in [0.1, 0.15) is 0 Å². The molecule has 0 unspecified atom stereocenters. The molecule has 2 heterocycles. The van der Waals surface area contributed by atoms with Crippen LogP contribution < -0.4 is 25.6 Å². The van der Waals surface area contributed by atoms with Crippen LogP contribution in [0.15, 0.2) is 131 Å². The summed E-state index contributed by atoms with van der Waals surface area (Å²) in [6, 6.07) is 37.8. The van der Waals surface area contributed by atoms with Crippen LogP contribution in [0.2, 0.25) is 5.02 Å². The fourth-order valence-electron chi connectivity index (χ4n) is 7.31. The molecule has 7 rings (SSSR count). The van der Waals surface area contributed by atoms with Crippen LogP contribution in [-0.4, -0.2) is 92.8 Å². The van der Waals surface area contributed by atoms with Crippen LogP contribution >= 0.6 is 23.4 Å². The maximum atomic E-state index is 13.5. The maximum absolute atomic E-state index is 13.5. The molecular weight excluding hydrogens is 816 g/mol. The summed E-state index contributed by atoms with van der Waals surface area (Å²) in [4.78, 5) is 20.3. The van der Waals surface area contributed by atoms with Crippen molar-refractivity contribution in [3.8, 4) is 22.4 Å². The second kappa shape index (κ2) is 18.7. The van der Waals surface area contributed by atoms with E-state index in [9.17, 15) is 18.3 Å². The number of rotatable bonds is 16. The van der Waals surface area contributed by atoms with E-state index in [0.29, 0.717) is 33.3 Å². The van der Waals surface area contributed by atoms with Crippen molar-refractivity contribution in [2.45, 2.75) is 22.3 Å². The van der Waals surface area contributed by atoms with Gasteiger partial charge in [-0.1, -0.05) is 54.1 Å². The summed E-state index contributed by atoms with van der Waals surface area (Å²) in [6.07, 6.45) is 0.893. The molecule has 1 aromatic heterocycles. The third-order valence-corrected chi connectivity index (χ3v) is 13.2. The Morgan fingerprint density at radius 1 is 0.867 bits per heavy atom. The van der Waals surface area contributed by atoms with Crippen molar-refractivity contribution in [3.63, 3.8) is 0 Å². The lowest BCUT2D eigenvalue weighted by Crippen LogP contribution is -2.46. The first-order valence-corrected chi connectivity index (χ1v) is 22.5. The molecule has 1 atom stereocenters. The fourth-order valence-corrected chi connectivity index (χ4v) is 9.52. The fraction of sp³-hybridized carbons (Fsp3) is 0.244.